The average Bonchev–Trinajstić information content (AvgIpc) is 2.24. The second-order valence-electron chi connectivity index (χ2n) is 3.33. The molecule has 0 amide bonds. The Balaban J connectivity index is 2.91. The monoisotopic (exact) mass is 260 g/mol. The Morgan fingerprint density at radius 3 is 2.61 bits per heavy atom. The number of rotatable bonds is 4. The van der Waals surface area contributed by atoms with Crippen molar-refractivity contribution in [1.29, 1.82) is 0 Å². The van der Waals surface area contributed by atoms with E-state index in [9.17, 15) is 13.2 Å². The van der Waals surface area contributed by atoms with Gasteiger partial charge in [0.15, 0.2) is 6.61 Å². The highest BCUT2D eigenvalue weighted by molar-refractivity contribution is 5.93. The first-order chi connectivity index (χ1) is 8.30. The van der Waals surface area contributed by atoms with Gasteiger partial charge in [0.2, 0.25) is 0 Å². The van der Waals surface area contributed by atoms with Crippen molar-refractivity contribution in [3.8, 4) is 6.01 Å². The van der Waals surface area contributed by atoms with Gasteiger partial charge in [0.25, 0.3) is 5.95 Å². The number of hydrogen-bond acceptors (Lipinski definition) is 5. The first-order valence-corrected chi connectivity index (χ1v) is 4.90. The smallest absolute Gasteiger partial charge is 0.422 e. The van der Waals surface area contributed by atoms with Crippen LogP contribution >= 0.6 is 0 Å². The van der Waals surface area contributed by atoms with E-state index in [1.54, 1.807) is 6.92 Å². The summed E-state index contributed by atoms with van der Waals surface area (Å²) in [6.07, 6.45) is -2.98. The number of aromatic nitrogens is 3. The molecule has 1 rings (SSSR count). The fraction of sp³-hybridized carbons (Fsp3) is 0.400. The minimum atomic E-state index is -4.44. The highest BCUT2D eigenvalue weighted by Gasteiger charge is 2.29. The number of nitrogens with zero attached hydrogens (tertiary/aromatic N) is 4. The van der Waals surface area contributed by atoms with E-state index >= 15 is 0 Å². The highest BCUT2D eigenvalue weighted by Crippen LogP contribution is 2.17. The number of aryl methyl sites for hydroxylation is 1. The lowest BCUT2D eigenvalue weighted by molar-refractivity contribution is -0.154. The highest BCUT2D eigenvalue weighted by atomic mass is 19.4. The summed E-state index contributed by atoms with van der Waals surface area (Å²) in [6, 6.07) is -0.407. The van der Waals surface area contributed by atoms with Gasteiger partial charge in [0.1, 0.15) is 5.82 Å². The molecule has 0 aliphatic rings. The summed E-state index contributed by atoms with van der Waals surface area (Å²) < 4.78 is 40.3. The number of halogens is 3. The Kier molecular flexibility index (Phi) is 4.35. The van der Waals surface area contributed by atoms with Crippen LogP contribution in [0.5, 0.6) is 6.01 Å². The standard InChI is InChI=1S/C10H11F3N4O/c1-4-6(2)14-8-15-7(3)16-9(17-8)18-5-10(11,12)13/h4H,1,5H2,2-3H3. The molecule has 0 N–H and O–H groups in total. The summed E-state index contributed by atoms with van der Waals surface area (Å²) >= 11 is 0. The van der Waals surface area contributed by atoms with Crippen molar-refractivity contribution >= 4 is 11.7 Å². The molecule has 0 unspecified atom stereocenters. The Hall–Kier alpha value is -1.99. The van der Waals surface area contributed by atoms with Crippen LogP contribution in [0.4, 0.5) is 19.1 Å². The topological polar surface area (TPSA) is 60.3 Å². The van der Waals surface area contributed by atoms with E-state index in [0.717, 1.165) is 0 Å². The number of hydrogen-bond donors (Lipinski definition) is 0. The lowest BCUT2D eigenvalue weighted by Crippen LogP contribution is -2.20. The lowest BCUT2D eigenvalue weighted by atomic mass is 10.4. The van der Waals surface area contributed by atoms with Crippen LogP contribution in [0.15, 0.2) is 17.6 Å². The third-order valence-corrected chi connectivity index (χ3v) is 1.65. The second-order valence-corrected chi connectivity index (χ2v) is 3.33. The van der Waals surface area contributed by atoms with Crippen molar-refractivity contribution in [2.45, 2.75) is 20.0 Å². The van der Waals surface area contributed by atoms with Crippen LogP contribution in [-0.4, -0.2) is 33.4 Å². The summed E-state index contributed by atoms with van der Waals surface area (Å²) in [4.78, 5) is 15.0. The first kappa shape index (κ1) is 14.1. The van der Waals surface area contributed by atoms with Gasteiger partial charge >= 0.3 is 12.2 Å². The number of alkyl halides is 3. The Morgan fingerprint density at radius 1 is 1.39 bits per heavy atom. The normalized spacial score (nSPS) is 12.4. The van der Waals surface area contributed by atoms with E-state index in [1.165, 1.54) is 13.0 Å². The molecule has 0 aromatic carbocycles. The zero-order valence-corrected chi connectivity index (χ0v) is 9.82. The van der Waals surface area contributed by atoms with E-state index in [0.29, 0.717) is 5.71 Å². The Bertz CT molecular complexity index is 471. The lowest BCUT2D eigenvalue weighted by Gasteiger charge is -2.07. The van der Waals surface area contributed by atoms with Crippen molar-refractivity contribution < 1.29 is 17.9 Å². The minimum absolute atomic E-state index is 0.0166. The van der Waals surface area contributed by atoms with E-state index in [-0.39, 0.29) is 11.8 Å². The van der Waals surface area contributed by atoms with Crippen LogP contribution in [0.1, 0.15) is 12.7 Å². The van der Waals surface area contributed by atoms with Gasteiger partial charge in [-0.05, 0) is 19.9 Å². The molecule has 1 aromatic rings. The zero-order chi connectivity index (χ0) is 13.8. The predicted octanol–water partition coefficient (Wildman–Crippen LogP) is 2.40. The van der Waals surface area contributed by atoms with E-state index in [4.69, 9.17) is 0 Å². The SMILES string of the molecule is C=CC(C)=Nc1nc(C)nc(OCC(F)(F)F)n1. The third kappa shape index (κ3) is 4.89. The number of ether oxygens (including phenoxy) is 1. The Labute approximate surface area is 101 Å². The Morgan fingerprint density at radius 2 is 2.06 bits per heavy atom. The maximum Gasteiger partial charge on any atom is 0.422 e. The molecular formula is C10H11F3N4O. The predicted molar refractivity (Wildman–Crippen MR) is 59.1 cm³/mol. The van der Waals surface area contributed by atoms with Gasteiger partial charge < -0.3 is 4.74 Å². The third-order valence-electron chi connectivity index (χ3n) is 1.65. The molecule has 1 heterocycles. The molecule has 18 heavy (non-hydrogen) atoms. The van der Waals surface area contributed by atoms with Gasteiger partial charge in [-0.2, -0.15) is 28.1 Å². The maximum absolute atomic E-state index is 12.0. The van der Waals surface area contributed by atoms with Crippen LogP contribution in [0, 0.1) is 6.92 Å². The minimum Gasteiger partial charge on any atom is -0.454 e. The molecule has 0 atom stereocenters. The molecule has 0 aliphatic carbocycles. The van der Waals surface area contributed by atoms with Crippen molar-refractivity contribution in [3.63, 3.8) is 0 Å². The molecule has 0 saturated carbocycles. The van der Waals surface area contributed by atoms with Crippen LogP contribution in [0.3, 0.4) is 0 Å². The number of aliphatic imine (C=N–C) groups is 1. The summed E-state index contributed by atoms with van der Waals surface area (Å²) in [5.41, 5.74) is 0.530. The molecule has 0 radical (unpaired) electrons. The molecule has 0 aliphatic heterocycles. The fourth-order valence-corrected chi connectivity index (χ4v) is 0.908. The molecule has 0 fully saturated rings. The molecule has 0 bridgehead atoms. The van der Waals surface area contributed by atoms with Crippen LogP contribution < -0.4 is 4.74 Å². The van der Waals surface area contributed by atoms with E-state index in [2.05, 4.69) is 31.3 Å². The maximum atomic E-state index is 12.0. The number of allylic oxidation sites excluding steroid dienone is 1. The average molecular weight is 260 g/mol. The van der Waals surface area contributed by atoms with Crippen molar-refractivity contribution in [2.75, 3.05) is 6.61 Å². The second kappa shape index (κ2) is 5.56. The molecule has 8 heteroatoms. The van der Waals surface area contributed by atoms with E-state index in [1.807, 2.05) is 0 Å². The molecule has 5 nitrogen and oxygen atoms in total. The van der Waals surface area contributed by atoms with Gasteiger partial charge in [-0.3, -0.25) is 0 Å². The van der Waals surface area contributed by atoms with Crippen LogP contribution in [-0.2, 0) is 0 Å². The summed E-state index contributed by atoms with van der Waals surface area (Å²) in [6.45, 7) is 5.19. The zero-order valence-electron chi connectivity index (χ0n) is 9.82. The van der Waals surface area contributed by atoms with E-state index < -0.39 is 18.8 Å². The van der Waals surface area contributed by atoms with Gasteiger partial charge in [0, 0.05) is 5.71 Å². The fourth-order valence-electron chi connectivity index (χ4n) is 0.908. The summed E-state index contributed by atoms with van der Waals surface area (Å²) in [7, 11) is 0. The summed E-state index contributed by atoms with van der Waals surface area (Å²) in [5.74, 6) is 0.204. The molecule has 0 saturated heterocycles. The van der Waals surface area contributed by atoms with Crippen molar-refractivity contribution in [1.82, 2.24) is 15.0 Å². The van der Waals surface area contributed by atoms with Gasteiger partial charge in [-0.15, -0.1) is 0 Å². The largest absolute Gasteiger partial charge is 0.454 e. The van der Waals surface area contributed by atoms with Crippen LogP contribution in [0.2, 0.25) is 0 Å². The molecule has 98 valence electrons. The first-order valence-electron chi connectivity index (χ1n) is 4.90. The quantitative estimate of drug-likeness (QED) is 0.780. The van der Waals surface area contributed by atoms with Crippen molar-refractivity contribution in [3.05, 3.63) is 18.5 Å². The summed E-state index contributed by atoms with van der Waals surface area (Å²) in [5, 5.41) is 0. The van der Waals surface area contributed by atoms with Crippen LogP contribution in [0.25, 0.3) is 0 Å². The van der Waals surface area contributed by atoms with Crippen molar-refractivity contribution in [2.24, 2.45) is 4.99 Å². The van der Waals surface area contributed by atoms with Gasteiger partial charge in [0.05, 0.1) is 0 Å². The molecule has 0 spiro atoms. The van der Waals surface area contributed by atoms with Gasteiger partial charge in [-0.1, -0.05) is 6.58 Å². The molecular weight excluding hydrogens is 249 g/mol. The van der Waals surface area contributed by atoms with Gasteiger partial charge in [-0.25, -0.2) is 4.99 Å². The molecule has 1 aromatic heterocycles.